The molecule has 1 unspecified atom stereocenters. The first-order valence-electron chi connectivity index (χ1n) is 3.70. The predicted molar refractivity (Wildman–Crippen MR) is 39.2 cm³/mol. The van der Waals surface area contributed by atoms with Crippen LogP contribution in [0.25, 0.3) is 0 Å². The lowest BCUT2D eigenvalue weighted by atomic mass is 10.1. The van der Waals surface area contributed by atoms with Crippen LogP contribution in [-0.2, 0) is 4.79 Å². The first-order chi connectivity index (χ1) is 5.33. The molecule has 64 valence electrons. The molecule has 1 aliphatic rings. The summed E-state index contributed by atoms with van der Waals surface area (Å²) in [7, 11) is 0. The molecule has 1 heterocycles. The zero-order valence-corrected chi connectivity index (χ0v) is 6.26. The minimum atomic E-state index is -0.341. The number of piperazine rings is 1. The van der Waals surface area contributed by atoms with Gasteiger partial charge in [-0.05, 0) is 0 Å². The summed E-state index contributed by atoms with van der Waals surface area (Å²) in [6.07, 6.45) is 0.323. The lowest BCUT2D eigenvalue weighted by Gasteiger charge is -2.23. The van der Waals surface area contributed by atoms with Crippen molar-refractivity contribution in [3.8, 4) is 0 Å². The number of carbonyl (C=O) groups excluding carboxylic acids is 1. The predicted octanol–water partition coefficient (Wildman–Crippen LogP) is -1.56. The molecule has 5 nitrogen and oxygen atoms in total. The summed E-state index contributed by atoms with van der Waals surface area (Å²) in [5.74, 6) is -0.341. The number of hydroxylamine groups is 1. The van der Waals surface area contributed by atoms with E-state index in [4.69, 9.17) is 5.21 Å². The van der Waals surface area contributed by atoms with Gasteiger partial charge in [-0.3, -0.25) is 10.0 Å². The van der Waals surface area contributed by atoms with Crippen molar-refractivity contribution in [1.82, 2.24) is 16.1 Å². The molecule has 1 saturated heterocycles. The van der Waals surface area contributed by atoms with E-state index in [0.29, 0.717) is 6.42 Å². The quantitative estimate of drug-likeness (QED) is 0.290. The molecule has 5 heteroatoms. The number of nitrogens with one attached hydrogen (secondary N) is 3. The molecule has 0 aromatic rings. The van der Waals surface area contributed by atoms with Crippen LogP contribution < -0.4 is 16.1 Å². The van der Waals surface area contributed by atoms with Crippen LogP contribution in [-0.4, -0.2) is 36.8 Å². The summed E-state index contributed by atoms with van der Waals surface area (Å²) < 4.78 is 0. The molecule has 1 aliphatic heterocycles. The molecule has 0 saturated carbocycles. The third-order valence-electron chi connectivity index (χ3n) is 1.68. The van der Waals surface area contributed by atoms with E-state index < -0.39 is 0 Å². The second-order valence-electron chi connectivity index (χ2n) is 2.59. The van der Waals surface area contributed by atoms with Gasteiger partial charge in [0.1, 0.15) is 0 Å². The third kappa shape index (κ3) is 2.83. The molecular formula is C6H13N3O2. The van der Waals surface area contributed by atoms with Crippen molar-refractivity contribution >= 4 is 5.91 Å². The number of carbonyl (C=O) groups is 1. The van der Waals surface area contributed by atoms with Gasteiger partial charge in [-0.15, -0.1) is 0 Å². The van der Waals surface area contributed by atoms with Gasteiger partial charge in [0.25, 0.3) is 0 Å². The fourth-order valence-corrected chi connectivity index (χ4v) is 1.13. The fourth-order valence-electron chi connectivity index (χ4n) is 1.13. The molecule has 0 aromatic carbocycles. The van der Waals surface area contributed by atoms with Crippen LogP contribution in [0.3, 0.4) is 0 Å². The van der Waals surface area contributed by atoms with Crippen molar-refractivity contribution in [3.63, 3.8) is 0 Å². The van der Waals surface area contributed by atoms with Crippen molar-refractivity contribution in [3.05, 3.63) is 0 Å². The van der Waals surface area contributed by atoms with Crippen molar-refractivity contribution in [2.45, 2.75) is 12.5 Å². The number of hydrogen-bond acceptors (Lipinski definition) is 4. The van der Waals surface area contributed by atoms with Crippen LogP contribution in [0.4, 0.5) is 0 Å². The molecule has 0 spiro atoms. The van der Waals surface area contributed by atoms with Crippen molar-refractivity contribution in [1.29, 1.82) is 0 Å². The van der Waals surface area contributed by atoms with Crippen LogP contribution in [0.2, 0.25) is 0 Å². The Balaban J connectivity index is 2.19. The summed E-state index contributed by atoms with van der Waals surface area (Å²) in [5.41, 5.74) is 1.61. The summed E-state index contributed by atoms with van der Waals surface area (Å²) >= 11 is 0. The highest BCUT2D eigenvalue weighted by Gasteiger charge is 2.14. The number of hydrogen-bond donors (Lipinski definition) is 4. The van der Waals surface area contributed by atoms with Crippen LogP contribution in [0, 0.1) is 0 Å². The Labute approximate surface area is 65.1 Å². The zero-order chi connectivity index (χ0) is 8.10. The monoisotopic (exact) mass is 159 g/mol. The Morgan fingerprint density at radius 2 is 2.45 bits per heavy atom. The summed E-state index contributed by atoms with van der Waals surface area (Å²) in [6.45, 7) is 2.61. The van der Waals surface area contributed by atoms with E-state index in [9.17, 15) is 4.79 Å². The highest BCUT2D eigenvalue weighted by Crippen LogP contribution is 1.92. The van der Waals surface area contributed by atoms with E-state index in [1.165, 1.54) is 0 Å². The summed E-state index contributed by atoms with van der Waals surface area (Å²) in [6, 6.07) is 0.149. The molecule has 0 aliphatic carbocycles. The molecule has 0 aromatic heterocycles. The van der Waals surface area contributed by atoms with E-state index in [1.807, 2.05) is 0 Å². The van der Waals surface area contributed by atoms with E-state index >= 15 is 0 Å². The molecule has 1 amide bonds. The van der Waals surface area contributed by atoms with Gasteiger partial charge >= 0.3 is 0 Å². The Hall–Kier alpha value is -0.650. The van der Waals surface area contributed by atoms with Crippen LogP contribution in [0.5, 0.6) is 0 Å². The largest absolute Gasteiger partial charge is 0.314 e. The maximum atomic E-state index is 10.7. The minimum Gasteiger partial charge on any atom is -0.314 e. The lowest BCUT2D eigenvalue weighted by molar-refractivity contribution is -0.129. The highest BCUT2D eigenvalue weighted by molar-refractivity contribution is 5.75. The van der Waals surface area contributed by atoms with Gasteiger partial charge in [0, 0.05) is 32.1 Å². The molecule has 11 heavy (non-hydrogen) atoms. The zero-order valence-electron chi connectivity index (χ0n) is 6.26. The molecule has 1 rings (SSSR count). The van der Waals surface area contributed by atoms with E-state index in [0.717, 1.165) is 19.6 Å². The molecule has 4 N–H and O–H groups in total. The van der Waals surface area contributed by atoms with Gasteiger partial charge in [-0.25, -0.2) is 5.48 Å². The van der Waals surface area contributed by atoms with Crippen LogP contribution in [0.1, 0.15) is 6.42 Å². The minimum absolute atomic E-state index is 0.149. The Morgan fingerprint density at radius 1 is 1.64 bits per heavy atom. The molecule has 0 bridgehead atoms. The topological polar surface area (TPSA) is 73.4 Å². The third-order valence-corrected chi connectivity index (χ3v) is 1.68. The first-order valence-corrected chi connectivity index (χ1v) is 3.70. The van der Waals surface area contributed by atoms with Crippen molar-refractivity contribution in [2.24, 2.45) is 0 Å². The normalized spacial score (nSPS) is 24.6. The van der Waals surface area contributed by atoms with E-state index in [2.05, 4.69) is 10.6 Å². The second kappa shape index (κ2) is 4.27. The molecule has 0 radical (unpaired) electrons. The van der Waals surface area contributed by atoms with Gasteiger partial charge < -0.3 is 10.6 Å². The second-order valence-corrected chi connectivity index (χ2v) is 2.59. The van der Waals surface area contributed by atoms with Crippen LogP contribution in [0.15, 0.2) is 0 Å². The van der Waals surface area contributed by atoms with Crippen LogP contribution >= 0.6 is 0 Å². The van der Waals surface area contributed by atoms with Gasteiger partial charge in [0.05, 0.1) is 0 Å². The number of amides is 1. The summed E-state index contributed by atoms with van der Waals surface area (Å²) in [5, 5.41) is 14.5. The van der Waals surface area contributed by atoms with Crippen molar-refractivity contribution < 1.29 is 10.0 Å². The fraction of sp³-hybridized carbons (Fsp3) is 0.833. The maximum Gasteiger partial charge on any atom is 0.244 e. The highest BCUT2D eigenvalue weighted by atomic mass is 16.5. The summed E-state index contributed by atoms with van der Waals surface area (Å²) in [4.78, 5) is 10.7. The van der Waals surface area contributed by atoms with Crippen molar-refractivity contribution in [2.75, 3.05) is 19.6 Å². The lowest BCUT2D eigenvalue weighted by Crippen LogP contribution is -2.49. The maximum absolute atomic E-state index is 10.7. The van der Waals surface area contributed by atoms with Gasteiger partial charge in [-0.2, -0.15) is 0 Å². The molecular weight excluding hydrogens is 146 g/mol. The molecule has 1 atom stereocenters. The average Bonchev–Trinajstić information content (AvgIpc) is 2.06. The van der Waals surface area contributed by atoms with E-state index in [1.54, 1.807) is 5.48 Å². The van der Waals surface area contributed by atoms with Gasteiger partial charge in [0.2, 0.25) is 5.91 Å². The van der Waals surface area contributed by atoms with E-state index in [-0.39, 0.29) is 11.9 Å². The van der Waals surface area contributed by atoms with Gasteiger partial charge in [-0.1, -0.05) is 0 Å². The standard InChI is InChI=1S/C6H13N3O2/c10-6(9-11)3-5-4-7-1-2-8-5/h5,7-8,11H,1-4H2,(H,9,10). The smallest absolute Gasteiger partial charge is 0.244 e. The number of rotatable bonds is 2. The first kappa shape index (κ1) is 8.45. The molecule has 1 fully saturated rings. The Bertz CT molecular complexity index is 134. The SMILES string of the molecule is O=C(CC1CNCCN1)NO. The average molecular weight is 159 g/mol. The van der Waals surface area contributed by atoms with Gasteiger partial charge in [0.15, 0.2) is 0 Å². The Kier molecular flexibility index (Phi) is 3.28. The Morgan fingerprint density at radius 3 is 3.00 bits per heavy atom.